The van der Waals surface area contributed by atoms with Crippen LogP contribution in [0, 0.1) is 0 Å². The molecule has 2 amide bonds. The van der Waals surface area contributed by atoms with Crippen LogP contribution in [0.5, 0.6) is 11.5 Å². The lowest BCUT2D eigenvalue weighted by Crippen LogP contribution is -2.19. The molecule has 0 saturated carbocycles. The van der Waals surface area contributed by atoms with E-state index in [1.807, 2.05) is 0 Å². The molecule has 0 saturated heterocycles. The van der Waals surface area contributed by atoms with E-state index in [4.69, 9.17) is 21.1 Å². The third kappa shape index (κ3) is 4.03. The lowest BCUT2D eigenvalue weighted by molar-refractivity contribution is 0.262. The molecule has 0 unspecified atom stereocenters. The van der Waals surface area contributed by atoms with Crippen LogP contribution in [0.2, 0.25) is 5.02 Å². The van der Waals surface area contributed by atoms with Crippen molar-refractivity contribution in [2.75, 3.05) is 24.9 Å². The highest BCUT2D eigenvalue weighted by Gasteiger charge is 2.09. The Bertz CT molecular complexity index is 629. The lowest BCUT2D eigenvalue weighted by atomic mass is 10.2. The van der Waals surface area contributed by atoms with Crippen molar-refractivity contribution < 1.29 is 14.3 Å². The molecule has 0 aliphatic heterocycles. The Morgan fingerprint density at radius 2 is 1.71 bits per heavy atom. The van der Waals surface area contributed by atoms with Crippen LogP contribution in [0.1, 0.15) is 0 Å². The number of ether oxygens (including phenoxy) is 2. The zero-order chi connectivity index (χ0) is 15.2. The maximum Gasteiger partial charge on any atom is 0.323 e. The predicted molar refractivity (Wildman–Crippen MR) is 83.6 cm³/mol. The highest BCUT2D eigenvalue weighted by atomic mass is 35.5. The molecule has 110 valence electrons. The van der Waals surface area contributed by atoms with Gasteiger partial charge in [0.05, 0.1) is 19.9 Å². The van der Waals surface area contributed by atoms with Gasteiger partial charge in [0, 0.05) is 16.8 Å². The number of urea groups is 1. The van der Waals surface area contributed by atoms with Crippen molar-refractivity contribution in [1.29, 1.82) is 0 Å². The second kappa shape index (κ2) is 6.85. The van der Waals surface area contributed by atoms with Gasteiger partial charge in [-0.1, -0.05) is 11.6 Å². The van der Waals surface area contributed by atoms with Gasteiger partial charge < -0.3 is 20.1 Å². The zero-order valence-electron chi connectivity index (χ0n) is 11.6. The molecule has 2 aromatic rings. The topological polar surface area (TPSA) is 59.6 Å². The number of anilines is 2. The number of carbonyl (C=O) groups excluding carboxylic acids is 1. The van der Waals surface area contributed by atoms with Gasteiger partial charge in [0.1, 0.15) is 11.5 Å². The average Bonchev–Trinajstić information content (AvgIpc) is 2.50. The Balaban J connectivity index is 2.07. The third-order valence-electron chi connectivity index (χ3n) is 2.76. The van der Waals surface area contributed by atoms with Gasteiger partial charge in [-0.2, -0.15) is 0 Å². The van der Waals surface area contributed by atoms with Crippen LogP contribution in [-0.4, -0.2) is 20.3 Å². The maximum absolute atomic E-state index is 11.9. The molecule has 21 heavy (non-hydrogen) atoms. The van der Waals surface area contributed by atoms with Crippen LogP contribution >= 0.6 is 11.6 Å². The van der Waals surface area contributed by atoms with Crippen molar-refractivity contribution in [3.05, 3.63) is 47.5 Å². The largest absolute Gasteiger partial charge is 0.497 e. The van der Waals surface area contributed by atoms with E-state index in [1.54, 1.807) is 49.6 Å². The van der Waals surface area contributed by atoms with E-state index in [2.05, 4.69) is 10.6 Å². The standard InChI is InChI=1S/C15H15ClN2O3/c1-20-12-7-8-13(14(9-12)21-2)18-15(19)17-11-5-3-10(16)4-6-11/h3-9H,1-2H3,(H2,17,18,19). The minimum absolute atomic E-state index is 0.374. The quantitative estimate of drug-likeness (QED) is 0.897. The summed E-state index contributed by atoms with van der Waals surface area (Å²) in [6.45, 7) is 0. The molecule has 0 heterocycles. The van der Waals surface area contributed by atoms with E-state index < -0.39 is 0 Å². The monoisotopic (exact) mass is 306 g/mol. The Labute approximate surface area is 127 Å². The summed E-state index contributed by atoms with van der Waals surface area (Å²) in [6, 6.07) is 11.6. The first-order chi connectivity index (χ1) is 10.1. The molecule has 0 aliphatic rings. The number of benzene rings is 2. The molecule has 2 N–H and O–H groups in total. The predicted octanol–water partition coefficient (Wildman–Crippen LogP) is 4.00. The highest BCUT2D eigenvalue weighted by molar-refractivity contribution is 6.30. The minimum Gasteiger partial charge on any atom is -0.497 e. The van der Waals surface area contributed by atoms with Gasteiger partial charge in [-0.3, -0.25) is 0 Å². The smallest absolute Gasteiger partial charge is 0.323 e. The van der Waals surface area contributed by atoms with E-state index in [0.29, 0.717) is 27.9 Å². The van der Waals surface area contributed by atoms with Crippen molar-refractivity contribution in [2.24, 2.45) is 0 Å². The van der Waals surface area contributed by atoms with Gasteiger partial charge in [0.2, 0.25) is 0 Å². The minimum atomic E-state index is -0.374. The van der Waals surface area contributed by atoms with Gasteiger partial charge in [-0.25, -0.2) is 4.79 Å². The summed E-state index contributed by atoms with van der Waals surface area (Å²) in [5.41, 5.74) is 1.19. The molecule has 0 aromatic heterocycles. The van der Waals surface area contributed by atoms with E-state index in [-0.39, 0.29) is 6.03 Å². The number of rotatable bonds is 4. The fourth-order valence-corrected chi connectivity index (χ4v) is 1.85. The normalized spacial score (nSPS) is 9.86. The molecule has 2 aromatic carbocycles. The summed E-state index contributed by atoms with van der Waals surface area (Å²) in [5, 5.41) is 6.02. The van der Waals surface area contributed by atoms with E-state index in [0.717, 1.165) is 0 Å². The maximum atomic E-state index is 11.9. The first-order valence-electron chi connectivity index (χ1n) is 6.18. The first kappa shape index (κ1) is 15.0. The van der Waals surface area contributed by atoms with Crippen molar-refractivity contribution in [2.45, 2.75) is 0 Å². The SMILES string of the molecule is COc1ccc(NC(=O)Nc2ccc(Cl)cc2)c(OC)c1. The van der Waals surface area contributed by atoms with Gasteiger partial charge in [0.15, 0.2) is 0 Å². The Kier molecular flexibility index (Phi) is 4.90. The van der Waals surface area contributed by atoms with Crippen molar-refractivity contribution >= 4 is 29.0 Å². The first-order valence-corrected chi connectivity index (χ1v) is 6.56. The molecule has 0 bridgehead atoms. The van der Waals surface area contributed by atoms with Crippen LogP contribution in [0.15, 0.2) is 42.5 Å². The van der Waals surface area contributed by atoms with Crippen LogP contribution in [0.3, 0.4) is 0 Å². The fraction of sp³-hybridized carbons (Fsp3) is 0.133. The summed E-state index contributed by atoms with van der Waals surface area (Å²) in [5.74, 6) is 1.16. The Morgan fingerprint density at radius 3 is 2.33 bits per heavy atom. The van der Waals surface area contributed by atoms with E-state index in [1.165, 1.54) is 7.11 Å². The third-order valence-corrected chi connectivity index (χ3v) is 3.01. The number of hydrogen-bond donors (Lipinski definition) is 2. The average molecular weight is 307 g/mol. The van der Waals surface area contributed by atoms with Gasteiger partial charge >= 0.3 is 6.03 Å². The summed E-state index contributed by atoms with van der Waals surface area (Å²) < 4.78 is 10.3. The molecule has 6 heteroatoms. The van der Waals surface area contributed by atoms with Crippen molar-refractivity contribution in [3.8, 4) is 11.5 Å². The fourth-order valence-electron chi connectivity index (χ4n) is 1.72. The van der Waals surface area contributed by atoms with Gasteiger partial charge in [0.25, 0.3) is 0 Å². The Morgan fingerprint density at radius 1 is 1.00 bits per heavy atom. The van der Waals surface area contributed by atoms with Crippen molar-refractivity contribution in [1.82, 2.24) is 0 Å². The van der Waals surface area contributed by atoms with Gasteiger partial charge in [-0.05, 0) is 36.4 Å². The molecule has 0 spiro atoms. The Hall–Kier alpha value is -2.40. The summed E-state index contributed by atoms with van der Waals surface area (Å²) in [7, 11) is 3.09. The summed E-state index contributed by atoms with van der Waals surface area (Å²) >= 11 is 5.79. The highest BCUT2D eigenvalue weighted by Crippen LogP contribution is 2.29. The molecular weight excluding hydrogens is 292 g/mol. The number of hydrogen-bond acceptors (Lipinski definition) is 3. The second-order valence-corrected chi connectivity index (χ2v) is 4.59. The van der Waals surface area contributed by atoms with Gasteiger partial charge in [-0.15, -0.1) is 0 Å². The van der Waals surface area contributed by atoms with Crippen LogP contribution in [-0.2, 0) is 0 Å². The number of nitrogens with one attached hydrogen (secondary N) is 2. The summed E-state index contributed by atoms with van der Waals surface area (Å²) in [4.78, 5) is 11.9. The molecule has 0 fully saturated rings. The molecule has 0 atom stereocenters. The molecule has 5 nitrogen and oxygen atoms in total. The van der Waals surface area contributed by atoms with E-state index >= 15 is 0 Å². The number of methoxy groups -OCH3 is 2. The second-order valence-electron chi connectivity index (χ2n) is 4.15. The van der Waals surface area contributed by atoms with Crippen LogP contribution < -0.4 is 20.1 Å². The molecule has 0 radical (unpaired) electrons. The zero-order valence-corrected chi connectivity index (χ0v) is 12.4. The van der Waals surface area contributed by atoms with Crippen LogP contribution in [0.4, 0.5) is 16.2 Å². The molecule has 2 rings (SSSR count). The van der Waals surface area contributed by atoms with Crippen molar-refractivity contribution in [3.63, 3.8) is 0 Å². The number of carbonyl (C=O) groups is 1. The number of amides is 2. The molecule has 0 aliphatic carbocycles. The lowest BCUT2D eigenvalue weighted by Gasteiger charge is -2.12. The number of halogens is 1. The van der Waals surface area contributed by atoms with E-state index in [9.17, 15) is 4.79 Å². The molecular formula is C15H15ClN2O3. The summed E-state index contributed by atoms with van der Waals surface area (Å²) in [6.07, 6.45) is 0. The van der Waals surface area contributed by atoms with Crippen LogP contribution in [0.25, 0.3) is 0 Å².